The van der Waals surface area contributed by atoms with Crippen LogP contribution in [0.2, 0.25) is 0 Å². The third kappa shape index (κ3) is 22.1. The van der Waals surface area contributed by atoms with Crippen molar-refractivity contribution in [2.24, 2.45) is 7.05 Å². The molecule has 0 aliphatic heterocycles. The molecule has 8 nitrogen and oxygen atoms in total. The number of hydrogen-bond acceptors (Lipinski definition) is 6. The molecule has 0 fully saturated rings. The number of aryl methyl sites for hydroxylation is 1. The summed E-state index contributed by atoms with van der Waals surface area (Å²) in [5.74, 6) is 0. The van der Waals surface area contributed by atoms with Crippen LogP contribution >= 0.6 is 11.3 Å². The quantitative estimate of drug-likeness (QED) is 0.0905. The number of nitrogens with one attached hydrogen (secondary N) is 2. The Hall–Kier alpha value is -1.14. The molecule has 1 atom stereocenters. The number of aromatic nitrogens is 1. The number of amides is 2. The van der Waals surface area contributed by atoms with Crippen LogP contribution in [0.5, 0.6) is 0 Å². The van der Waals surface area contributed by atoms with E-state index in [1.165, 1.54) is 108 Å². The van der Waals surface area contributed by atoms with Crippen LogP contribution in [0.15, 0.2) is 5.51 Å². The summed E-state index contributed by atoms with van der Waals surface area (Å²) in [7, 11) is 3.51. The Labute approximate surface area is 271 Å². The molecule has 2 amide bonds. The van der Waals surface area contributed by atoms with Gasteiger partial charge in [-0.2, -0.15) is 4.57 Å². The van der Waals surface area contributed by atoms with E-state index >= 15 is 0 Å². The maximum absolute atomic E-state index is 12.0. The number of ether oxygens (including phenoxy) is 3. The molecule has 1 unspecified atom stereocenters. The molecule has 0 aliphatic carbocycles. The van der Waals surface area contributed by atoms with Crippen molar-refractivity contribution in [2.75, 3.05) is 33.4 Å². The minimum Gasteiger partial charge on any atom is -1.00 e. The summed E-state index contributed by atoms with van der Waals surface area (Å²) in [5, 5.41) is 5.54. The van der Waals surface area contributed by atoms with Gasteiger partial charge < -0.3 is 48.8 Å². The Kier molecular flexibility index (Phi) is 26.9. The van der Waals surface area contributed by atoms with E-state index in [2.05, 4.69) is 29.0 Å². The predicted octanol–water partition coefficient (Wildman–Crippen LogP) is 4.16. The zero-order valence-electron chi connectivity index (χ0n) is 26.3. The second kappa shape index (κ2) is 27.7. The highest BCUT2D eigenvalue weighted by Gasteiger charge is 2.15. The zero-order chi connectivity index (χ0) is 29.3. The number of hydrogen-bond donors (Lipinski definition) is 2. The van der Waals surface area contributed by atoms with E-state index in [1.54, 1.807) is 11.3 Å². The van der Waals surface area contributed by atoms with E-state index in [1.807, 2.05) is 12.6 Å². The second-order valence-corrected chi connectivity index (χ2v) is 11.7. The van der Waals surface area contributed by atoms with Crippen LogP contribution in [0.3, 0.4) is 0 Å². The van der Waals surface area contributed by atoms with Crippen LogP contribution in [0, 0.1) is 6.92 Å². The first-order valence-corrected chi connectivity index (χ1v) is 16.6. The molecule has 0 radical (unpaired) electrons. The van der Waals surface area contributed by atoms with Gasteiger partial charge >= 0.3 is 12.2 Å². The average Bonchev–Trinajstić information content (AvgIpc) is 3.27. The van der Waals surface area contributed by atoms with Gasteiger partial charge in [-0.25, -0.2) is 9.59 Å². The third-order valence-corrected chi connectivity index (χ3v) is 8.55. The molecule has 0 spiro atoms. The topological polar surface area (TPSA) is 89.8 Å². The fraction of sp³-hybridized carbons (Fsp3) is 0.839. The Morgan fingerprint density at radius 2 is 1.22 bits per heavy atom. The number of alkyl carbamates (subject to hydrolysis) is 2. The van der Waals surface area contributed by atoms with Crippen LogP contribution in [-0.4, -0.2) is 51.7 Å². The first kappa shape index (κ1) is 39.9. The van der Waals surface area contributed by atoms with Crippen molar-refractivity contribution >= 4 is 23.5 Å². The third-order valence-electron chi connectivity index (χ3n) is 7.34. The molecule has 41 heavy (non-hydrogen) atoms. The number of thiazole rings is 1. The molecule has 1 heterocycles. The Bertz CT molecular complexity index is 781. The minimum atomic E-state index is -0.509. The van der Waals surface area contributed by atoms with E-state index in [4.69, 9.17) is 14.2 Å². The Balaban J connectivity index is 0.0000160. The van der Waals surface area contributed by atoms with E-state index in [-0.39, 0.29) is 37.2 Å². The summed E-state index contributed by atoms with van der Waals surface area (Å²) in [4.78, 5) is 25.1. The van der Waals surface area contributed by atoms with Gasteiger partial charge in [-0.15, -0.1) is 0 Å². The number of carbonyl (C=O) groups excluding carboxylic acids is 2. The lowest BCUT2D eigenvalue weighted by Gasteiger charge is -2.16. The van der Waals surface area contributed by atoms with Gasteiger partial charge in [0.25, 0.3) is 0 Å². The van der Waals surface area contributed by atoms with Crippen LogP contribution < -0.4 is 39.2 Å². The molecular weight excluding hydrogens is 653 g/mol. The average molecular weight is 712 g/mol. The zero-order valence-corrected chi connectivity index (χ0v) is 29.3. The molecule has 0 aliphatic rings. The van der Waals surface area contributed by atoms with E-state index in [9.17, 15) is 9.59 Å². The fourth-order valence-electron chi connectivity index (χ4n) is 4.51. The van der Waals surface area contributed by atoms with Crippen LogP contribution in [0.25, 0.3) is 0 Å². The van der Waals surface area contributed by atoms with Crippen molar-refractivity contribution in [3.63, 3.8) is 0 Å². The summed E-state index contributed by atoms with van der Waals surface area (Å²) in [6, 6.07) is 0. The maximum atomic E-state index is 12.0. The lowest BCUT2D eigenvalue weighted by atomic mass is 10.0. The Morgan fingerprint density at radius 3 is 1.63 bits per heavy atom. The van der Waals surface area contributed by atoms with Crippen molar-refractivity contribution in [3.05, 3.63) is 16.1 Å². The van der Waals surface area contributed by atoms with Gasteiger partial charge in [0.1, 0.15) is 26.4 Å². The smallest absolute Gasteiger partial charge is 0.407 e. The van der Waals surface area contributed by atoms with Crippen molar-refractivity contribution in [2.45, 2.75) is 129 Å². The monoisotopic (exact) mass is 711 g/mol. The molecule has 0 saturated carbocycles. The van der Waals surface area contributed by atoms with Crippen LogP contribution in [0.1, 0.15) is 120 Å². The highest BCUT2D eigenvalue weighted by Crippen LogP contribution is 2.14. The number of carbonyl (C=O) groups is 2. The highest BCUT2D eigenvalue weighted by atomic mass is 127. The lowest BCUT2D eigenvalue weighted by Crippen LogP contribution is -3.00. The number of rotatable bonds is 25. The van der Waals surface area contributed by atoms with Gasteiger partial charge in [-0.3, -0.25) is 0 Å². The standard InChI is InChI=1S/C31H57N3O5S.HI/c1-5-6-7-8-9-10-11-12-13-14-15-16-17-18-19-20-22-32-30(35)38-24-28(37-4)25-39-31(36)33-23-21-29-27(2)34(3)26-40-29;/h26,28H,5-25H2,1-4H3,(H-,32,33,35,36);1H. The molecule has 1 rings (SSSR count). The van der Waals surface area contributed by atoms with Gasteiger partial charge in [0, 0.05) is 33.5 Å². The molecule has 1 aromatic rings. The van der Waals surface area contributed by atoms with Crippen LogP contribution in [0.4, 0.5) is 9.59 Å². The van der Waals surface area contributed by atoms with Crippen molar-refractivity contribution in [1.82, 2.24) is 10.6 Å². The van der Waals surface area contributed by atoms with E-state index < -0.39 is 18.3 Å². The lowest BCUT2D eigenvalue weighted by molar-refractivity contribution is -0.672. The van der Waals surface area contributed by atoms with E-state index in [0.717, 1.165) is 19.3 Å². The fourth-order valence-corrected chi connectivity index (χ4v) is 5.49. The SMILES string of the molecule is CCCCCCCCCCCCCCCCCCNC(=O)OCC(COC(=O)NCCc1sc[n+](C)c1C)OC.[I-]. The minimum absolute atomic E-state index is 0. The summed E-state index contributed by atoms with van der Waals surface area (Å²) < 4.78 is 17.8. The van der Waals surface area contributed by atoms with Gasteiger partial charge in [0.15, 0.2) is 5.69 Å². The van der Waals surface area contributed by atoms with Gasteiger partial charge in [0.2, 0.25) is 5.51 Å². The summed E-state index contributed by atoms with van der Waals surface area (Å²) in [6.07, 6.45) is 20.5. The predicted molar refractivity (Wildman–Crippen MR) is 163 cm³/mol. The molecule has 0 saturated heterocycles. The molecule has 2 N–H and O–H groups in total. The number of unbranched alkanes of at least 4 members (excludes halogenated alkanes) is 15. The van der Waals surface area contributed by atoms with Gasteiger partial charge in [0.05, 0.1) is 4.88 Å². The summed E-state index contributed by atoms with van der Waals surface area (Å²) in [6.45, 7) is 5.48. The number of methoxy groups -OCH3 is 1. The second-order valence-electron chi connectivity index (χ2n) is 10.8. The summed E-state index contributed by atoms with van der Waals surface area (Å²) >= 11 is 1.67. The molecule has 0 aromatic carbocycles. The largest absolute Gasteiger partial charge is 1.00 e. The highest BCUT2D eigenvalue weighted by molar-refractivity contribution is 7.09. The molecule has 1 aromatic heterocycles. The van der Waals surface area contributed by atoms with Crippen LogP contribution in [-0.2, 0) is 27.7 Å². The maximum Gasteiger partial charge on any atom is 0.407 e. The first-order valence-electron chi connectivity index (χ1n) is 15.7. The molecule has 10 heteroatoms. The van der Waals surface area contributed by atoms with Crippen molar-refractivity contribution in [1.29, 1.82) is 0 Å². The van der Waals surface area contributed by atoms with Gasteiger partial charge in [-0.05, 0) is 6.42 Å². The molecule has 0 bridgehead atoms. The first-order chi connectivity index (χ1) is 19.5. The van der Waals surface area contributed by atoms with Crippen molar-refractivity contribution < 1.29 is 52.3 Å². The van der Waals surface area contributed by atoms with E-state index in [0.29, 0.717) is 13.1 Å². The van der Waals surface area contributed by atoms with Crippen molar-refractivity contribution in [3.8, 4) is 0 Å². The number of nitrogens with zero attached hydrogens (tertiary/aromatic N) is 1. The molecular formula is C31H58IN3O5S. The summed E-state index contributed by atoms with van der Waals surface area (Å²) in [5.41, 5.74) is 3.24. The molecule has 240 valence electrons. The van der Waals surface area contributed by atoms with Gasteiger partial charge in [-0.1, -0.05) is 115 Å². The number of halogens is 1. The Morgan fingerprint density at radius 1 is 0.780 bits per heavy atom. The normalized spacial score (nSPS) is 11.5.